The molecule has 1 aliphatic heterocycles. The molecule has 1 aromatic rings. The van der Waals surface area contributed by atoms with Crippen LogP contribution >= 0.6 is 0 Å². The van der Waals surface area contributed by atoms with Gasteiger partial charge < -0.3 is 19.9 Å². The topological polar surface area (TPSA) is 145 Å². The first-order valence-corrected chi connectivity index (χ1v) is 8.76. The number of ether oxygens (including phenoxy) is 2. The number of esters is 2. The maximum absolute atomic E-state index is 12.7. The van der Waals surface area contributed by atoms with Crippen molar-refractivity contribution in [2.24, 2.45) is 0 Å². The standard InChI is InChI=1S/C19H20N2O8/c1-4-28-18(24)13-10(3)20-16(17(22)23)15(19(25)29-5-2)14(13)11-7-6-8-12(9-11)21(26)27/h6-9,14,20H,4-5H2,1-3H3,(H,22,23). The van der Waals surface area contributed by atoms with Gasteiger partial charge in [0.2, 0.25) is 0 Å². The van der Waals surface area contributed by atoms with E-state index >= 15 is 0 Å². The van der Waals surface area contributed by atoms with Crippen LogP contribution in [-0.4, -0.2) is 41.2 Å². The van der Waals surface area contributed by atoms with Crippen molar-refractivity contribution in [1.82, 2.24) is 5.32 Å². The zero-order valence-corrected chi connectivity index (χ0v) is 16.1. The van der Waals surface area contributed by atoms with E-state index in [4.69, 9.17) is 9.47 Å². The van der Waals surface area contributed by atoms with E-state index in [1.807, 2.05) is 0 Å². The van der Waals surface area contributed by atoms with Crippen molar-refractivity contribution >= 4 is 23.6 Å². The van der Waals surface area contributed by atoms with Crippen LogP contribution in [0, 0.1) is 10.1 Å². The van der Waals surface area contributed by atoms with Crippen molar-refractivity contribution in [3.05, 3.63) is 62.5 Å². The van der Waals surface area contributed by atoms with Crippen molar-refractivity contribution in [2.45, 2.75) is 26.7 Å². The summed E-state index contributed by atoms with van der Waals surface area (Å²) in [5.41, 5.74) is -0.767. The third-order valence-corrected chi connectivity index (χ3v) is 4.18. The number of hydrogen-bond donors (Lipinski definition) is 2. The normalized spacial score (nSPS) is 16.2. The number of carbonyl (C=O) groups is 3. The minimum absolute atomic E-state index is 0.0274. The van der Waals surface area contributed by atoms with E-state index in [0.717, 1.165) is 0 Å². The van der Waals surface area contributed by atoms with Gasteiger partial charge in [-0.15, -0.1) is 0 Å². The second-order valence-electron chi connectivity index (χ2n) is 5.98. The predicted octanol–water partition coefficient (Wildman–Crippen LogP) is 2.02. The summed E-state index contributed by atoms with van der Waals surface area (Å²) in [5.74, 6) is -4.39. The molecule has 0 aromatic heterocycles. The number of benzene rings is 1. The van der Waals surface area contributed by atoms with Gasteiger partial charge >= 0.3 is 17.9 Å². The summed E-state index contributed by atoms with van der Waals surface area (Å²) in [7, 11) is 0. The Labute approximate surface area is 165 Å². The Morgan fingerprint density at radius 3 is 2.24 bits per heavy atom. The molecule has 1 unspecified atom stereocenters. The molecule has 154 valence electrons. The molecule has 0 saturated carbocycles. The SMILES string of the molecule is CCOC(=O)C1=C(C)NC(C(=O)O)=C(C(=O)OCC)C1c1cccc([N+](=O)[O-])c1. The Morgan fingerprint density at radius 2 is 1.72 bits per heavy atom. The molecule has 1 heterocycles. The summed E-state index contributed by atoms with van der Waals surface area (Å²) in [5, 5.41) is 23.4. The number of rotatable bonds is 7. The third-order valence-electron chi connectivity index (χ3n) is 4.18. The van der Waals surface area contributed by atoms with E-state index in [1.54, 1.807) is 13.8 Å². The Morgan fingerprint density at radius 1 is 1.14 bits per heavy atom. The number of dihydropyridines is 1. The predicted molar refractivity (Wildman–Crippen MR) is 99.6 cm³/mol. The number of non-ortho nitro benzene ring substituents is 1. The summed E-state index contributed by atoms with van der Waals surface area (Å²) < 4.78 is 10.1. The van der Waals surface area contributed by atoms with E-state index < -0.39 is 34.4 Å². The largest absolute Gasteiger partial charge is 0.477 e. The molecule has 10 heteroatoms. The number of nitrogens with one attached hydrogen (secondary N) is 1. The quantitative estimate of drug-likeness (QED) is 0.396. The van der Waals surface area contributed by atoms with E-state index in [1.165, 1.54) is 31.2 Å². The lowest BCUT2D eigenvalue weighted by Gasteiger charge is -2.30. The molecular weight excluding hydrogens is 384 g/mol. The van der Waals surface area contributed by atoms with Crippen molar-refractivity contribution in [1.29, 1.82) is 0 Å². The van der Waals surface area contributed by atoms with Gasteiger partial charge in [0.15, 0.2) is 0 Å². The first-order valence-electron chi connectivity index (χ1n) is 8.76. The molecule has 2 N–H and O–H groups in total. The highest BCUT2D eigenvalue weighted by molar-refractivity contribution is 6.05. The average Bonchev–Trinajstić information content (AvgIpc) is 2.67. The van der Waals surface area contributed by atoms with Crippen LogP contribution < -0.4 is 5.32 Å². The van der Waals surface area contributed by atoms with Crippen LogP contribution in [0.5, 0.6) is 0 Å². The number of nitro benzene ring substituents is 1. The van der Waals surface area contributed by atoms with Gasteiger partial charge in [0.25, 0.3) is 5.69 Å². The van der Waals surface area contributed by atoms with Crippen LogP contribution in [0.3, 0.4) is 0 Å². The number of nitro groups is 1. The lowest BCUT2D eigenvalue weighted by atomic mass is 9.80. The molecular formula is C19H20N2O8. The second kappa shape index (κ2) is 9.00. The average molecular weight is 404 g/mol. The minimum atomic E-state index is -1.44. The molecule has 0 saturated heterocycles. The van der Waals surface area contributed by atoms with Gasteiger partial charge in [-0.2, -0.15) is 0 Å². The Bertz CT molecular complexity index is 932. The number of nitrogens with zero attached hydrogens (tertiary/aromatic N) is 1. The van der Waals surface area contributed by atoms with Crippen LogP contribution in [0.4, 0.5) is 5.69 Å². The van der Waals surface area contributed by atoms with Gasteiger partial charge in [-0.05, 0) is 26.3 Å². The number of aliphatic carboxylic acids is 1. The molecule has 0 amide bonds. The maximum atomic E-state index is 12.7. The van der Waals surface area contributed by atoms with Gasteiger partial charge in [0.1, 0.15) is 5.70 Å². The fourth-order valence-electron chi connectivity index (χ4n) is 3.06. The first-order chi connectivity index (χ1) is 13.7. The van der Waals surface area contributed by atoms with Crippen LogP contribution in [-0.2, 0) is 23.9 Å². The number of carboxylic acids is 1. The van der Waals surface area contributed by atoms with Crippen molar-refractivity contribution < 1.29 is 33.9 Å². The van der Waals surface area contributed by atoms with Gasteiger partial charge in [-0.25, -0.2) is 14.4 Å². The molecule has 1 atom stereocenters. The summed E-state index contributed by atoms with van der Waals surface area (Å²) in [6.45, 7) is 4.61. The molecule has 10 nitrogen and oxygen atoms in total. The lowest BCUT2D eigenvalue weighted by molar-refractivity contribution is -0.384. The number of hydrogen-bond acceptors (Lipinski definition) is 8. The van der Waals surface area contributed by atoms with E-state index in [2.05, 4.69) is 5.32 Å². The Balaban J connectivity index is 2.80. The van der Waals surface area contributed by atoms with E-state index in [-0.39, 0.29) is 41.3 Å². The molecule has 1 aliphatic rings. The number of allylic oxidation sites excluding steroid dienone is 1. The second-order valence-corrected chi connectivity index (χ2v) is 5.98. The molecule has 29 heavy (non-hydrogen) atoms. The van der Waals surface area contributed by atoms with Crippen molar-refractivity contribution in [3.8, 4) is 0 Å². The highest BCUT2D eigenvalue weighted by Crippen LogP contribution is 2.40. The third kappa shape index (κ3) is 4.42. The zero-order valence-electron chi connectivity index (χ0n) is 16.1. The maximum Gasteiger partial charge on any atom is 0.352 e. The molecule has 0 aliphatic carbocycles. The minimum Gasteiger partial charge on any atom is -0.477 e. The fourth-order valence-corrected chi connectivity index (χ4v) is 3.06. The van der Waals surface area contributed by atoms with E-state index in [0.29, 0.717) is 0 Å². The summed E-state index contributed by atoms with van der Waals surface area (Å²) >= 11 is 0. The van der Waals surface area contributed by atoms with Crippen LogP contribution in [0.15, 0.2) is 46.8 Å². The lowest BCUT2D eigenvalue weighted by Crippen LogP contribution is -2.36. The fraction of sp³-hybridized carbons (Fsp3) is 0.316. The van der Waals surface area contributed by atoms with Gasteiger partial charge in [0, 0.05) is 17.8 Å². The first kappa shape index (κ1) is 21.6. The monoisotopic (exact) mass is 404 g/mol. The number of carbonyl (C=O) groups excluding carboxylic acids is 2. The van der Waals surface area contributed by atoms with Crippen LogP contribution in [0.2, 0.25) is 0 Å². The molecule has 2 rings (SSSR count). The number of carboxylic acid groups (broad SMARTS) is 1. The summed E-state index contributed by atoms with van der Waals surface area (Å²) in [4.78, 5) is 47.7. The van der Waals surface area contributed by atoms with Crippen LogP contribution in [0.1, 0.15) is 32.3 Å². The summed E-state index contributed by atoms with van der Waals surface area (Å²) in [6.07, 6.45) is 0. The Hall–Kier alpha value is -3.69. The zero-order chi connectivity index (χ0) is 21.7. The Kier molecular flexibility index (Phi) is 6.71. The molecule has 1 aromatic carbocycles. The van der Waals surface area contributed by atoms with Gasteiger partial charge in [-0.1, -0.05) is 12.1 Å². The molecule has 0 radical (unpaired) electrons. The molecule has 0 fully saturated rings. The smallest absolute Gasteiger partial charge is 0.352 e. The molecule has 0 spiro atoms. The van der Waals surface area contributed by atoms with Gasteiger partial charge in [-0.3, -0.25) is 10.1 Å². The highest BCUT2D eigenvalue weighted by Gasteiger charge is 2.41. The van der Waals surface area contributed by atoms with E-state index in [9.17, 15) is 29.6 Å². The highest BCUT2D eigenvalue weighted by atomic mass is 16.6. The summed E-state index contributed by atoms with van der Waals surface area (Å²) in [6, 6.07) is 5.28. The van der Waals surface area contributed by atoms with Crippen LogP contribution in [0.25, 0.3) is 0 Å². The molecule has 0 bridgehead atoms. The van der Waals surface area contributed by atoms with Crippen molar-refractivity contribution in [2.75, 3.05) is 13.2 Å². The van der Waals surface area contributed by atoms with Crippen molar-refractivity contribution in [3.63, 3.8) is 0 Å². The van der Waals surface area contributed by atoms with Gasteiger partial charge in [0.05, 0.1) is 35.2 Å².